The van der Waals surface area contributed by atoms with E-state index in [1.54, 1.807) is 6.20 Å². The standard InChI is InChI=1S/C23H23N3O2/c1-17-12-13-19(16-24-17)15-22(27)26-21(14-18-8-4-2-5-9-18)23(28)25-20-10-6-3-7-11-20/h2-13,16,21H,14-15H2,1H3,(H,25,28)(H,26,27). The molecule has 28 heavy (non-hydrogen) atoms. The van der Waals surface area contributed by atoms with Crippen molar-refractivity contribution in [1.82, 2.24) is 10.3 Å². The number of aromatic nitrogens is 1. The third-order valence-electron chi connectivity index (χ3n) is 4.31. The summed E-state index contributed by atoms with van der Waals surface area (Å²) in [5.41, 5.74) is 3.38. The van der Waals surface area contributed by atoms with Crippen LogP contribution in [0.4, 0.5) is 5.69 Å². The van der Waals surface area contributed by atoms with Crippen molar-refractivity contribution in [2.45, 2.75) is 25.8 Å². The first kappa shape index (κ1) is 19.3. The van der Waals surface area contributed by atoms with Gasteiger partial charge >= 0.3 is 0 Å². The number of pyridine rings is 1. The van der Waals surface area contributed by atoms with E-state index in [0.29, 0.717) is 12.1 Å². The molecule has 2 N–H and O–H groups in total. The molecule has 0 aliphatic rings. The Morgan fingerprint density at radius 2 is 1.57 bits per heavy atom. The van der Waals surface area contributed by atoms with Crippen LogP contribution in [-0.2, 0) is 22.4 Å². The summed E-state index contributed by atoms with van der Waals surface area (Å²) in [5.74, 6) is -0.458. The maximum atomic E-state index is 12.8. The van der Waals surface area contributed by atoms with Crippen molar-refractivity contribution >= 4 is 17.5 Å². The number of hydrogen-bond acceptors (Lipinski definition) is 3. The van der Waals surface area contributed by atoms with Crippen molar-refractivity contribution < 1.29 is 9.59 Å². The van der Waals surface area contributed by atoms with Gasteiger partial charge in [0.2, 0.25) is 11.8 Å². The second-order valence-corrected chi connectivity index (χ2v) is 6.65. The van der Waals surface area contributed by atoms with E-state index >= 15 is 0 Å². The highest BCUT2D eigenvalue weighted by molar-refractivity contribution is 5.97. The molecule has 1 unspecified atom stereocenters. The lowest BCUT2D eigenvalue weighted by Crippen LogP contribution is -2.45. The Kier molecular flexibility index (Phi) is 6.52. The van der Waals surface area contributed by atoms with Crippen molar-refractivity contribution in [2.75, 3.05) is 5.32 Å². The number of nitrogens with zero attached hydrogens (tertiary/aromatic N) is 1. The van der Waals surface area contributed by atoms with Gasteiger partial charge in [-0.2, -0.15) is 0 Å². The van der Waals surface area contributed by atoms with E-state index in [1.165, 1.54) is 0 Å². The number of aryl methyl sites for hydroxylation is 1. The number of rotatable bonds is 7. The number of carbonyl (C=O) groups excluding carboxylic acids is 2. The van der Waals surface area contributed by atoms with E-state index in [2.05, 4.69) is 15.6 Å². The van der Waals surface area contributed by atoms with Gasteiger partial charge in [-0.15, -0.1) is 0 Å². The highest BCUT2D eigenvalue weighted by Crippen LogP contribution is 2.09. The van der Waals surface area contributed by atoms with Crippen LogP contribution in [0, 0.1) is 6.92 Å². The van der Waals surface area contributed by atoms with E-state index in [9.17, 15) is 9.59 Å². The number of benzene rings is 2. The molecule has 1 atom stereocenters. The molecule has 0 aliphatic heterocycles. The van der Waals surface area contributed by atoms with Crippen LogP contribution >= 0.6 is 0 Å². The summed E-state index contributed by atoms with van der Waals surface area (Å²) in [6, 6.07) is 21.9. The van der Waals surface area contributed by atoms with E-state index in [0.717, 1.165) is 16.8 Å². The molecule has 1 heterocycles. The van der Waals surface area contributed by atoms with E-state index in [-0.39, 0.29) is 18.2 Å². The summed E-state index contributed by atoms with van der Waals surface area (Å²) in [7, 11) is 0. The van der Waals surface area contributed by atoms with Crippen LogP contribution in [0.5, 0.6) is 0 Å². The van der Waals surface area contributed by atoms with Crippen LogP contribution < -0.4 is 10.6 Å². The lowest BCUT2D eigenvalue weighted by atomic mass is 10.0. The lowest BCUT2D eigenvalue weighted by molar-refractivity contribution is -0.126. The fourth-order valence-electron chi connectivity index (χ4n) is 2.84. The minimum Gasteiger partial charge on any atom is -0.344 e. The predicted molar refractivity (Wildman–Crippen MR) is 110 cm³/mol. The van der Waals surface area contributed by atoms with Gasteiger partial charge in [0, 0.05) is 24.0 Å². The van der Waals surface area contributed by atoms with E-state index in [4.69, 9.17) is 0 Å². The van der Waals surface area contributed by atoms with Gasteiger partial charge in [-0.1, -0.05) is 54.6 Å². The van der Waals surface area contributed by atoms with Gasteiger partial charge < -0.3 is 10.6 Å². The zero-order valence-electron chi connectivity index (χ0n) is 15.8. The molecule has 0 saturated heterocycles. The van der Waals surface area contributed by atoms with Crippen molar-refractivity contribution in [2.24, 2.45) is 0 Å². The molecular weight excluding hydrogens is 350 g/mol. The van der Waals surface area contributed by atoms with Crippen LogP contribution in [0.2, 0.25) is 0 Å². The molecule has 3 aromatic rings. The summed E-state index contributed by atoms with van der Waals surface area (Å²) in [6.07, 6.45) is 2.28. The van der Waals surface area contributed by atoms with Gasteiger partial charge in [-0.25, -0.2) is 0 Å². The molecule has 3 rings (SSSR count). The largest absolute Gasteiger partial charge is 0.344 e. The molecule has 2 aromatic carbocycles. The fourth-order valence-corrected chi connectivity index (χ4v) is 2.84. The summed E-state index contributed by atoms with van der Waals surface area (Å²) < 4.78 is 0. The minimum absolute atomic E-state index is 0.178. The molecule has 0 spiro atoms. The average Bonchev–Trinajstić information content (AvgIpc) is 2.71. The van der Waals surface area contributed by atoms with Gasteiger partial charge in [0.1, 0.15) is 6.04 Å². The van der Waals surface area contributed by atoms with Crippen LogP contribution in [0.25, 0.3) is 0 Å². The first-order valence-electron chi connectivity index (χ1n) is 9.21. The Labute approximate surface area is 164 Å². The number of anilines is 1. The van der Waals surface area contributed by atoms with Gasteiger partial charge in [0.15, 0.2) is 0 Å². The zero-order valence-corrected chi connectivity index (χ0v) is 15.8. The highest BCUT2D eigenvalue weighted by Gasteiger charge is 2.21. The minimum atomic E-state index is -0.673. The Morgan fingerprint density at radius 3 is 2.21 bits per heavy atom. The molecule has 5 nitrogen and oxygen atoms in total. The smallest absolute Gasteiger partial charge is 0.247 e. The fraction of sp³-hybridized carbons (Fsp3) is 0.174. The van der Waals surface area contributed by atoms with Gasteiger partial charge in [0.25, 0.3) is 0 Å². The zero-order chi connectivity index (χ0) is 19.8. The Bertz CT molecular complexity index is 910. The molecule has 0 fully saturated rings. The van der Waals surface area contributed by atoms with Crippen LogP contribution in [0.3, 0.4) is 0 Å². The topological polar surface area (TPSA) is 71.1 Å². The summed E-state index contributed by atoms with van der Waals surface area (Å²) in [5, 5.41) is 5.74. The molecule has 0 saturated carbocycles. The molecule has 142 valence electrons. The average molecular weight is 373 g/mol. The van der Waals surface area contributed by atoms with Crippen molar-refractivity contribution in [3.05, 3.63) is 95.8 Å². The number of nitrogens with one attached hydrogen (secondary N) is 2. The van der Waals surface area contributed by atoms with Crippen molar-refractivity contribution in [3.8, 4) is 0 Å². The van der Waals surface area contributed by atoms with E-state index in [1.807, 2.05) is 79.7 Å². The predicted octanol–water partition coefficient (Wildman–Crippen LogP) is 3.30. The van der Waals surface area contributed by atoms with Crippen LogP contribution in [0.15, 0.2) is 79.0 Å². The number of carbonyl (C=O) groups is 2. The van der Waals surface area contributed by atoms with Crippen molar-refractivity contribution in [1.29, 1.82) is 0 Å². The summed E-state index contributed by atoms with van der Waals surface area (Å²) in [4.78, 5) is 29.6. The number of hydrogen-bond donors (Lipinski definition) is 2. The Morgan fingerprint density at radius 1 is 0.893 bits per heavy atom. The third-order valence-corrected chi connectivity index (χ3v) is 4.31. The molecular formula is C23H23N3O2. The van der Waals surface area contributed by atoms with Crippen LogP contribution in [-0.4, -0.2) is 22.8 Å². The molecule has 0 aliphatic carbocycles. The maximum Gasteiger partial charge on any atom is 0.247 e. The molecule has 0 bridgehead atoms. The normalized spacial score (nSPS) is 11.5. The van der Waals surface area contributed by atoms with Gasteiger partial charge in [-0.3, -0.25) is 14.6 Å². The van der Waals surface area contributed by atoms with Crippen molar-refractivity contribution in [3.63, 3.8) is 0 Å². The number of para-hydroxylation sites is 1. The lowest BCUT2D eigenvalue weighted by Gasteiger charge is -2.19. The van der Waals surface area contributed by atoms with Crippen LogP contribution in [0.1, 0.15) is 16.8 Å². The molecule has 0 radical (unpaired) electrons. The monoisotopic (exact) mass is 373 g/mol. The third kappa shape index (κ3) is 5.77. The second-order valence-electron chi connectivity index (χ2n) is 6.65. The summed E-state index contributed by atoms with van der Waals surface area (Å²) in [6.45, 7) is 1.90. The summed E-state index contributed by atoms with van der Waals surface area (Å²) >= 11 is 0. The molecule has 5 heteroatoms. The molecule has 2 amide bonds. The van der Waals surface area contributed by atoms with E-state index < -0.39 is 6.04 Å². The first-order chi connectivity index (χ1) is 13.6. The second kappa shape index (κ2) is 9.46. The maximum absolute atomic E-state index is 12.8. The Balaban J connectivity index is 1.70. The Hall–Kier alpha value is -3.47. The quantitative estimate of drug-likeness (QED) is 0.668. The first-order valence-corrected chi connectivity index (χ1v) is 9.21. The molecule has 1 aromatic heterocycles. The SMILES string of the molecule is Cc1ccc(CC(=O)NC(Cc2ccccc2)C(=O)Nc2ccccc2)cn1. The van der Waals surface area contributed by atoms with Gasteiger partial charge in [-0.05, 0) is 36.2 Å². The van der Waals surface area contributed by atoms with Gasteiger partial charge in [0.05, 0.1) is 6.42 Å². The highest BCUT2D eigenvalue weighted by atomic mass is 16.2. The number of amides is 2.